The third-order valence-electron chi connectivity index (χ3n) is 10.5. The molecule has 16 heteroatoms. The van der Waals surface area contributed by atoms with E-state index in [1.807, 2.05) is 65.8 Å². The van der Waals surface area contributed by atoms with E-state index < -0.39 is 46.7 Å². The second-order valence-electron chi connectivity index (χ2n) is 19.0. The van der Waals surface area contributed by atoms with E-state index in [0.29, 0.717) is 82.9 Å². The summed E-state index contributed by atoms with van der Waals surface area (Å²) in [6.45, 7) is 21.1. The number of hydrogen-bond acceptors (Lipinski definition) is 12. The van der Waals surface area contributed by atoms with Gasteiger partial charge in [-0.25, -0.2) is 24.2 Å². The summed E-state index contributed by atoms with van der Waals surface area (Å²) >= 11 is 0. The number of fused-ring (bicyclic) bond motifs is 5. The van der Waals surface area contributed by atoms with Gasteiger partial charge in [0.25, 0.3) is 5.56 Å². The molecule has 0 fully saturated rings. The molecule has 4 heterocycles. The van der Waals surface area contributed by atoms with Gasteiger partial charge in [0, 0.05) is 55.8 Å². The maximum atomic E-state index is 13.8. The van der Waals surface area contributed by atoms with Crippen LogP contribution in [0.15, 0.2) is 35.1 Å². The number of rotatable bonds is 16. The number of benzene rings is 1. The minimum absolute atomic E-state index is 0.0605. The fourth-order valence-corrected chi connectivity index (χ4v) is 7.54. The lowest BCUT2D eigenvalue weighted by Crippen LogP contribution is -2.44. The Bertz CT molecular complexity index is 2180. The highest BCUT2D eigenvalue weighted by molar-refractivity contribution is 5.89. The maximum Gasteiger partial charge on any atom is 0.410 e. The number of para-hydroxylation sites is 1. The molecule has 340 valence electrons. The molecule has 3 N–H and O–H groups in total. The molecule has 2 aromatic heterocycles. The number of nitrogens with one attached hydrogen (secondary N) is 2. The first-order valence-corrected chi connectivity index (χ1v) is 21.7. The van der Waals surface area contributed by atoms with Crippen molar-refractivity contribution >= 4 is 35.2 Å². The number of amides is 3. The first kappa shape index (κ1) is 47.8. The van der Waals surface area contributed by atoms with Gasteiger partial charge >= 0.3 is 24.2 Å². The highest BCUT2D eigenvalue weighted by Crippen LogP contribution is 2.40. The van der Waals surface area contributed by atoms with Crippen molar-refractivity contribution in [3.8, 4) is 11.4 Å². The lowest BCUT2D eigenvalue weighted by molar-refractivity contribution is -0.172. The minimum atomic E-state index is -1.91. The summed E-state index contributed by atoms with van der Waals surface area (Å²) in [5.74, 6) is -0.764. The summed E-state index contributed by atoms with van der Waals surface area (Å²) < 4.78 is 23.6. The van der Waals surface area contributed by atoms with Crippen molar-refractivity contribution < 1.29 is 43.2 Å². The highest BCUT2D eigenvalue weighted by atomic mass is 16.6. The molecule has 0 saturated heterocycles. The van der Waals surface area contributed by atoms with E-state index in [4.69, 9.17) is 23.9 Å². The van der Waals surface area contributed by atoms with Crippen molar-refractivity contribution in [3.05, 3.63) is 62.9 Å². The van der Waals surface area contributed by atoms with Gasteiger partial charge in [0.15, 0.2) is 5.60 Å². The van der Waals surface area contributed by atoms with E-state index in [1.54, 1.807) is 48.1 Å². The van der Waals surface area contributed by atoms with Gasteiger partial charge in [-0.3, -0.25) is 4.79 Å². The Hall–Kier alpha value is -5.22. The van der Waals surface area contributed by atoms with Crippen LogP contribution >= 0.6 is 0 Å². The summed E-state index contributed by atoms with van der Waals surface area (Å²) in [5.41, 5.74) is 0.157. The molecule has 2 aliphatic rings. The predicted octanol–water partition coefficient (Wildman–Crippen LogP) is 6.73. The molecule has 2 aliphatic heterocycles. The Morgan fingerprint density at radius 2 is 1.39 bits per heavy atom. The van der Waals surface area contributed by atoms with Gasteiger partial charge < -0.3 is 49.1 Å². The fourth-order valence-electron chi connectivity index (χ4n) is 7.54. The number of pyridine rings is 2. The standard InChI is InChI=1S/C46H66N6O10/c1-11-46(58)34-26-36-37-32(28-52(36)38(53)33(34)29-59-39(46)54)31(30-18-12-13-19-35(30)49-37)27-47-20-16-24-50(41(56)61-44(5,6)7)22-14-15-23-51(42(57)62-45(8,9)10)25-17-21-48-40(55)60-43(2,3)4/h12-13,18-19,26,47,58H,11,14-17,20-25,27-29H2,1-10H3,(H,48,55)/t46-/m0/s1. The largest absolute Gasteiger partial charge is 0.458 e. The fraction of sp³-hybridized carbons (Fsp3) is 0.609. The highest BCUT2D eigenvalue weighted by Gasteiger charge is 2.45. The average Bonchev–Trinajstić information content (AvgIpc) is 3.53. The van der Waals surface area contributed by atoms with Crippen LogP contribution in [-0.2, 0) is 49.0 Å². The van der Waals surface area contributed by atoms with Gasteiger partial charge in [0.2, 0.25) is 0 Å². The predicted molar refractivity (Wildman–Crippen MR) is 235 cm³/mol. The maximum absolute atomic E-state index is 13.8. The number of aliphatic hydroxyl groups is 1. The number of carbonyl (C=O) groups is 4. The Morgan fingerprint density at radius 1 is 0.823 bits per heavy atom. The minimum Gasteiger partial charge on any atom is -0.458 e. The summed E-state index contributed by atoms with van der Waals surface area (Å²) in [6.07, 6.45) is 1.02. The lowest BCUT2D eigenvalue weighted by Gasteiger charge is -2.31. The molecule has 62 heavy (non-hydrogen) atoms. The van der Waals surface area contributed by atoms with E-state index >= 15 is 0 Å². The van der Waals surface area contributed by atoms with Gasteiger partial charge in [0.05, 0.1) is 29.0 Å². The smallest absolute Gasteiger partial charge is 0.410 e. The average molecular weight is 863 g/mol. The quantitative estimate of drug-likeness (QED) is 0.0613. The van der Waals surface area contributed by atoms with Crippen molar-refractivity contribution in [1.29, 1.82) is 0 Å². The Kier molecular flexibility index (Phi) is 15.0. The Labute approximate surface area is 364 Å². The molecule has 0 spiro atoms. The van der Waals surface area contributed by atoms with Gasteiger partial charge in [-0.15, -0.1) is 0 Å². The molecular weight excluding hydrogens is 797 g/mol. The SMILES string of the molecule is CC[C@@]1(O)C(=O)OCc2c1cc1n(c2=O)Cc2c-1nc1ccccc1c2CNCCCN(CCCCN(CCCNC(=O)OC(C)(C)C)C(=O)OC(C)(C)C)C(=O)OC(C)(C)C. The molecule has 0 unspecified atom stereocenters. The first-order chi connectivity index (χ1) is 29.0. The molecule has 1 atom stereocenters. The first-order valence-electron chi connectivity index (χ1n) is 21.7. The molecular formula is C46H66N6O10. The second kappa shape index (κ2) is 19.4. The topological polar surface area (TPSA) is 191 Å². The van der Waals surface area contributed by atoms with Crippen molar-refractivity contribution in [2.45, 2.75) is 143 Å². The Morgan fingerprint density at radius 3 is 1.97 bits per heavy atom. The van der Waals surface area contributed by atoms with E-state index in [-0.39, 0.29) is 36.3 Å². The van der Waals surface area contributed by atoms with Gasteiger partial charge in [-0.1, -0.05) is 25.1 Å². The van der Waals surface area contributed by atoms with E-state index in [0.717, 1.165) is 22.0 Å². The molecule has 0 radical (unpaired) electrons. The number of alkyl carbamates (subject to hydrolysis) is 1. The van der Waals surface area contributed by atoms with Crippen LogP contribution in [0, 0.1) is 0 Å². The number of unbranched alkanes of at least 4 members (excludes halogenated alkanes) is 1. The van der Waals surface area contributed by atoms with Crippen LogP contribution in [0.3, 0.4) is 0 Å². The zero-order chi connectivity index (χ0) is 45.6. The summed E-state index contributed by atoms with van der Waals surface area (Å²) in [5, 5.41) is 18.6. The van der Waals surface area contributed by atoms with Gasteiger partial charge in [-0.2, -0.15) is 0 Å². The van der Waals surface area contributed by atoms with Crippen molar-refractivity contribution in [2.24, 2.45) is 0 Å². The summed E-state index contributed by atoms with van der Waals surface area (Å²) in [4.78, 5) is 73.5. The van der Waals surface area contributed by atoms with E-state index in [1.165, 1.54) is 0 Å². The molecule has 0 aliphatic carbocycles. The number of carbonyl (C=O) groups excluding carboxylic acids is 4. The van der Waals surface area contributed by atoms with Crippen LogP contribution in [0.1, 0.15) is 124 Å². The number of nitrogens with zero attached hydrogens (tertiary/aromatic N) is 4. The third kappa shape index (κ3) is 12.0. The number of ether oxygens (including phenoxy) is 4. The normalized spacial score (nSPS) is 15.9. The van der Waals surface area contributed by atoms with Crippen molar-refractivity contribution in [3.63, 3.8) is 0 Å². The van der Waals surface area contributed by atoms with Crippen LogP contribution in [0.2, 0.25) is 0 Å². The van der Waals surface area contributed by atoms with Crippen LogP contribution in [0.5, 0.6) is 0 Å². The summed E-state index contributed by atoms with van der Waals surface area (Å²) in [7, 11) is 0. The zero-order valence-electron chi connectivity index (χ0n) is 38.2. The monoisotopic (exact) mass is 862 g/mol. The number of aromatic nitrogens is 2. The molecule has 5 rings (SSSR count). The molecule has 16 nitrogen and oxygen atoms in total. The second-order valence-corrected chi connectivity index (χ2v) is 19.0. The van der Waals surface area contributed by atoms with E-state index in [9.17, 15) is 29.1 Å². The van der Waals surface area contributed by atoms with Crippen LogP contribution < -0.4 is 16.2 Å². The number of cyclic esters (lactones) is 1. The zero-order valence-corrected chi connectivity index (χ0v) is 38.2. The van der Waals surface area contributed by atoms with Crippen LogP contribution in [0.25, 0.3) is 22.3 Å². The molecule has 0 bridgehead atoms. The molecule has 3 aromatic rings. The molecule has 0 saturated carbocycles. The number of esters is 1. The molecule has 3 amide bonds. The van der Waals surface area contributed by atoms with Crippen molar-refractivity contribution in [2.75, 3.05) is 39.3 Å². The Balaban J connectivity index is 1.22. The van der Waals surface area contributed by atoms with Crippen LogP contribution in [-0.4, -0.2) is 105 Å². The summed E-state index contributed by atoms with van der Waals surface area (Å²) in [6, 6.07) is 9.51. The van der Waals surface area contributed by atoms with Crippen LogP contribution in [0.4, 0.5) is 14.4 Å². The lowest BCUT2D eigenvalue weighted by atomic mass is 9.86. The van der Waals surface area contributed by atoms with Gasteiger partial charge in [-0.05, 0) is 119 Å². The van der Waals surface area contributed by atoms with Gasteiger partial charge in [0.1, 0.15) is 23.4 Å². The molecule has 1 aromatic carbocycles. The van der Waals surface area contributed by atoms with E-state index in [2.05, 4.69) is 10.6 Å². The van der Waals surface area contributed by atoms with Crippen molar-refractivity contribution in [1.82, 2.24) is 30.0 Å². The third-order valence-corrected chi connectivity index (χ3v) is 10.5. The number of hydrogen-bond donors (Lipinski definition) is 3.